The maximum absolute atomic E-state index is 12.6. The van der Waals surface area contributed by atoms with E-state index in [-0.39, 0.29) is 11.9 Å². The summed E-state index contributed by atoms with van der Waals surface area (Å²) in [5, 5.41) is 0.701. The van der Waals surface area contributed by atoms with E-state index in [4.69, 9.17) is 22.1 Å². The van der Waals surface area contributed by atoms with Crippen molar-refractivity contribution in [3.05, 3.63) is 64.7 Å². The molecule has 2 aromatic carbocycles. The summed E-state index contributed by atoms with van der Waals surface area (Å²) in [6, 6.07) is 15.1. The van der Waals surface area contributed by atoms with Crippen LogP contribution in [0.2, 0.25) is 5.02 Å². The Bertz CT molecular complexity index is 695. The molecule has 1 saturated heterocycles. The molecule has 0 saturated carbocycles. The van der Waals surface area contributed by atoms with Gasteiger partial charge >= 0.3 is 0 Å². The number of likely N-dealkylation sites (tertiary alicyclic amines) is 1. The lowest BCUT2D eigenvalue weighted by Crippen LogP contribution is -2.42. The second-order valence-electron chi connectivity index (χ2n) is 6.07. The molecule has 0 radical (unpaired) electrons. The van der Waals surface area contributed by atoms with Gasteiger partial charge in [0.2, 0.25) is 0 Å². The monoisotopic (exact) mass is 344 g/mol. The van der Waals surface area contributed by atoms with E-state index >= 15 is 0 Å². The number of rotatable bonds is 4. The molecule has 1 amide bonds. The van der Waals surface area contributed by atoms with Crippen molar-refractivity contribution in [3.8, 4) is 5.75 Å². The van der Waals surface area contributed by atoms with Crippen LogP contribution >= 0.6 is 11.6 Å². The van der Waals surface area contributed by atoms with Crippen LogP contribution in [0.5, 0.6) is 5.75 Å². The molecule has 1 heterocycles. The number of carbonyl (C=O) groups excluding carboxylic acids is 1. The van der Waals surface area contributed by atoms with E-state index in [9.17, 15) is 4.79 Å². The molecule has 1 aliphatic heterocycles. The first-order chi connectivity index (χ1) is 11.6. The highest BCUT2D eigenvalue weighted by molar-refractivity contribution is 6.30. The van der Waals surface area contributed by atoms with Gasteiger partial charge in [-0.1, -0.05) is 29.8 Å². The van der Waals surface area contributed by atoms with E-state index in [1.165, 1.54) is 0 Å². The molecule has 0 bridgehead atoms. The van der Waals surface area contributed by atoms with Gasteiger partial charge in [0.05, 0.1) is 0 Å². The van der Waals surface area contributed by atoms with Gasteiger partial charge in [0.1, 0.15) is 12.4 Å². The fraction of sp³-hybridized carbons (Fsp3) is 0.316. The van der Waals surface area contributed by atoms with Crippen molar-refractivity contribution in [2.75, 3.05) is 13.1 Å². The van der Waals surface area contributed by atoms with Crippen molar-refractivity contribution in [1.29, 1.82) is 0 Å². The third-order valence-electron chi connectivity index (χ3n) is 4.23. The first-order valence-corrected chi connectivity index (χ1v) is 8.52. The average Bonchev–Trinajstić information content (AvgIpc) is 2.61. The van der Waals surface area contributed by atoms with Gasteiger partial charge in [-0.25, -0.2) is 0 Å². The van der Waals surface area contributed by atoms with Crippen LogP contribution in [0.4, 0.5) is 0 Å². The van der Waals surface area contributed by atoms with E-state index in [1.54, 1.807) is 6.07 Å². The standard InChI is InChI=1S/C19H21ClN2O2/c20-16-6-4-14(5-7-16)13-24-18-3-1-2-15(12-18)19(23)22-10-8-17(21)9-11-22/h1-7,12,17H,8-11,13,21H2. The highest BCUT2D eigenvalue weighted by Crippen LogP contribution is 2.19. The van der Waals surface area contributed by atoms with Crippen molar-refractivity contribution in [1.82, 2.24) is 4.90 Å². The summed E-state index contributed by atoms with van der Waals surface area (Å²) < 4.78 is 5.79. The van der Waals surface area contributed by atoms with Crippen LogP contribution in [0.25, 0.3) is 0 Å². The van der Waals surface area contributed by atoms with Gasteiger partial charge in [0, 0.05) is 29.7 Å². The number of nitrogens with zero attached hydrogens (tertiary/aromatic N) is 1. The molecule has 4 nitrogen and oxygen atoms in total. The van der Waals surface area contributed by atoms with E-state index in [0.717, 1.165) is 31.5 Å². The number of benzene rings is 2. The third kappa shape index (κ3) is 4.28. The smallest absolute Gasteiger partial charge is 0.253 e. The fourth-order valence-electron chi connectivity index (χ4n) is 2.75. The van der Waals surface area contributed by atoms with Gasteiger partial charge in [0.15, 0.2) is 0 Å². The zero-order valence-corrected chi connectivity index (χ0v) is 14.2. The highest BCUT2D eigenvalue weighted by atomic mass is 35.5. The lowest BCUT2D eigenvalue weighted by molar-refractivity contribution is 0.0714. The van der Waals surface area contributed by atoms with Gasteiger partial charge in [-0.3, -0.25) is 4.79 Å². The SMILES string of the molecule is NC1CCN(C(=O)c2cccc(OCc3ccc(Cl)cc3)c2)CC1. The molecule has 5 heteroatoms. The minimum Gasteiger partial charge on any atom is -0.489 e. The zero-order chi connectivity index (χ0) is 16.9. The van der Waals surface area contributed by atoms with Crippen LogP contribution < -0.4 is 10.5 Å². The predicted molar refractivity (Wildman–Crippen MR) is 95.3 cm³/mol. The molecule has 3 rings (SSSR count). The number of hydrogen-bond donors (Lipinski definition) is 1. The molecule has 1 fully saturated rings. The Morgan fingerprint density at radius 2 is 1.88 bits per heavy atom. The van der Waals surface area contributed by atoms with Crippen molar-refractivity contribution >= 4 is 17.5 Å². The largest absolute Gasteiger partial charge is 0.489 e. The van der Waals surface area contributed by atoms with Crippen molar-refractivity contribution in [2.24, 2.45) is 5.73 Å². The molecular weight excluding hydrogens is 324 g/mol. The molecule has 126 valence electrons. The Kier molecular flexibility index (Phi) is 5.38. The van der Waals surface area contributed by atoms with Crippen LogP contribution in [-0.2, 0) is 6.61 Å². The van der Waals surface area contributed by atoms with Crippen LogP contribution in [0.1, 0.15) is 28.8 Å². The Hall–Kier alpha value is -2.04. The summed E-state index contributed by atoms with van der Waals surface area (Å²) in [5.74, 6) is 0.725. The third-order valence-corrected chi connectivity index (χ3v) is 4.48. The zero-order valence-electron chi connectivity index (χ0n) is 13.5. The molecule has 24 heavy (non-hydrogen) atoms. The molecule has 0 unspecified atom stereocenters. The Morgan fingerprint density at radius 1 is 1.17 bits per heavy atom. The van der Waals surface area contributed by atoms with Crippen LogP contribution in [-0.4, -0.2) is 29.9 Å². The number of hydrogen-bond acceptors (Lipinski definition) is 3. The highest BCUT2D eigenvalue weighted by Gasteiger charge is 2.21. The van der Waals surface area contributed by atoms with Gasteiger partial charge < -0.3 is 15.4 Å². The van der Waals surface area contributed by atoms with Crippen molar-refractivity contribution in [3.63, 3.8) is 0 Å². The van der Waals surface area contributed by atoms with E-state index in [0.29, 0.717) is 22.9 Å². The molecular formula is C19H21ClN2O2. The lowest BCUT2D eigenvalue weighted by Gasteiger charge is -2.30. The maximum Gasteiger partial charge on any atom is 0.253 e. The minimum atomic E-state index is 0.0406. The van der Waals surface area contributed by atoms with Crippen molar-refractivity contribution in [2.45, 2.75) is 25.5 Å². The maximum atomic E-state index is 12.6. The molecule has 1 aliphatic rings. The van der Waals surface area contributed by atoms with Crippen LogP contribution in [0, 0.1) is 0 Å². The molecule has 2 N–H and O–H groups in total. The summed E-state index contributed by atoms with van der Waals surface area (Å²) in [7, 11) is 0. The quantitative estimate of drug-likeness (QED) is 0.923. The number of ether oxygens (including phenoxy) is 1. The number of amides is 1. The summed E-state index contributed by atoms with van der Waals surface area (Å²) in [6.07, 6.45) is 1.72. The number of piperidine rings is 1. The summed E-state index contributed by atoms with van der Waals surface area (Å²) in [6.45, 7) is 1.87. The van der Waals surface area contributed by atoms with Crippen molar-refractivity contribution < 1.29 is 9.53 Å². The van der Waals surface area contributed by atoms with Gasteiger partial charge in [0.25, 0.3) is 5.91 Å². The molecule has 0 atom stereocenters. The lowest BCUT2D eigenvalue weighted by atomic mass is 10.0. The number of carbonyl (C=O) groups is 1. The van der Waals surface area contributed by atoms with Gasteiger partial charge in [-0.2, -0.15) is 0 Å². The van der Waals surface area contributed by atoms with E-state index in [2.05, 4.69) is 0 Å². The summed E-state index contributed by atoms with van der Waals surface area (Å²) in [5.41, 5.74) is 7.58. The summed E-state index contributed by atoms with van der Waals surface area (Å²) in [4.78, 5) is 14.4. The predicted octanol–water partition coefficient (Wildman–Crippen LogP) is 3.48. The molecule has 0 aromatic heterocycles. The van der Waals surface area contributed by atoms with Gasteiger partial charge in [-0.05, 0) is 48.7 Å². The molecule has 0 spiro atoms. The first kappa shape index (κ1) is 16.8. The fourth-order valence-corrected chi connectivity index (χ4v) is 2.88. The van der Waals surface area contributed by atoms with Crippen LogP contribution in [0.3, 0.4) is 0 Å². The molecule has 2 aromatic rings. The van der Waals surface area contributed by atoms with Gasteiger partial charge in [-0.15, -0.1) is 0 Å². The molecule has 0 aliphatic carbocycles. The Morgan fingerprint density at radius 3 is 2.58 bits per heavy atom. The van der Waals surface area contributed by atoms with Crippen LogP contribution in [0.15, 0.2) is 48.5 Å². The second-order valence-corrected chi connectivity index (χ2v) is 6.51. The Labute approximate surface area is 147 Å². The topological polar surface area (TPSA) is 55.6 Å². The normalized spacial score (nSPS) is 15.3. The van der Waals surface area contributed by atoms with E-state index in [1.807, 2.05) is 47.4 Å². The second kappa shape index (κ2) is 7.69. The average molecular weight is 345 g/mol. The Balaban J connectivity index is 1.63. The van der Waals surface area contributed by atoms with E-state index < -0.39 is 0 Å². The minimum absolute atomic E-state index is 0.0406. The number of halogens is 1. The number of nitrogens with two attached hydrogens (primary N) is 1. The summed E-state index contributed by atoms with van der Waals surface area (Å²) >= 11 is 5.88. The first-order valence-electron chi connectivity index (χ1n) is 8.14.